The van der Waals surface area contributed by atoms with Gasteiger partial charge in [0.25, 0.3) is 0 Å². The number of benzene rings is 1. The van der Waals surface area contributed by atoms with Crippen molar-refractivity contribution in [3.05, 3.63) is 57.3 Å². The third-order valence-electron chi connectivity index (χ3n) is 4.29. The normalized spacial score (nSPS) is 22.2. The predicted molar refractivity (Wildman–Crippen MR) is 82.7 cm³/mol. The summed E-state index contributed by atoms with van der Waals surface area (Å²) < 4.78 is 0. The van der Waals surface area contributed by atoms with E-state index in [9.17, 15) is 0 Å². The van der Waals surface area contributed by atoms with Gasteiger partial charge in [-0.1, -0.05) is 31.2 Å². The molecular formula is C17H21NS. The Labute approximate surface area is 119 Å². The summed E-state index contributed by atoms with van der Waals surface area (Å²) in [6, 6.07) is 9.45. The molecule has 1 aliphatic carbocycles. The summed E-state index contributed by atoms with van der Waals surface area (Å²) >= 11 is 1.80. The van der Waals surface area contributed by atoms with Crippen LogP contribution in [0.1, 0.15) is 54.0 Å². The van der Waals surface area contributed by atoms with Gasteiger partial charge in [0.15, 0.2) is 0 Å². The Balaban J connectivity index is 1.76. The van der Waals surface area contributed by atoms with E-state index in [0.717, 1.165) is 6.54 Å². The van der Waals surface area contributed by atoms with Gasteiger partial charge in [0.05, 0.1) is 0 Å². The molecule has 0 saturated carbocycles. The Morgan fingerprint density at radius 2 is 1.95 bits per heavy atom. The summed E-state index contributed by atoms with van der Waals surface area (Å²) in [5.74, 6) is 0.706. The Kier molecular flexibility index (Phi) is 3.72. The van der Waals surface area contributed by atoms with Crippen LogP contribution in [0.15, 0.2) is 35.0 Å². The minimum Gasteiger partial charge on any atom is -0.306 e. The van der Waals surface area contributed by atoms with Crippen molar-refractivity contribution in [3.63, 3.8) is 0 Å². The van der Waals surface area contributed by atoms with Crippen molar-refractivity contribution >= 4 is 11.3 Å². The first-order valence-electron chi connectivity index (χ1n) is 7.09. The predicted octanol–water partition coefficient (Wildman–Crippen LogP) is 4.78. The average Bonchev–Trinajstić information content (AvgIpc) is 2.84. The molecule has 19 heavy (non-hydrogen) atoms. The largest absolute Gasteiger partial charge is 0.306 e. The molecule has 0 saturated heterocycles. The minimum atomic E-state index is 0.520. The van der Waals surface area contributed by atoms with Crippen molar-refractivity contribution in [2.45, 2.75) is 45.2 Å². The van der Waals surface area contributed by atoms with Crippen LogP contribution in [-0.2, 0) is 6.54 Å². The van der Waals surface area contributed by atoms with Crippen LogP contribution >= 0.6 is 11.3 Å². The van der Waals surface area contributed by atoms with E-state index in [-0.39, 0.29) is 0 Å². The maximum absolute atomic E-state index is 3.75. The van der Waals surface area contributed by atoms with Crippen molar-refractivity contribution in [2.24, 2.45) is 0 Å². The first-order chi connectivity index (χ1) is 9.25. The molecule has 1 nitrogen and oxygen atoms in total. The maximum atomic E-state index is 3.75. The Hall–Kier alpha value is -1.12. The monoisotopic (exact) mass is 271 g/mol. The van der Waals surface area contributed by atoms with Crippen LogP contribution in [0.5, 0.6) is 0 Å². The first-order valence-corrected chi connectivity index (χ1v) is 8.04. The Bertz CT molecular complexity index is 558. The van der Waals surface area contributed by atoms with Gasteiger partial charge < -0.3 is 5.32 Å². The summed E-state index contributed by atoms with van der Waals surface area (Å²) in [6.45, 7) is 5.53. The molecule has 3 rings (SSSR count). The van der Waals surface area contributed by atoms with E-state index in [1.807, 2.05) is 0 Å². The minimum absolute atomic E-state index is 0.520. The van der Waals surface area contributed by atoms with Crippen LogP contribution in [0, 0.1) is 6.92 Å². The van der Waals surface area contributed by atoms with Gasteiger partial charge in [-0.3, -0.25) is 0 Å². The highest BCUT2D eigenvalue weighted by atomic mass is 32.1. The van der Waals surface area contributed by atoms with Crippen molar-refractivity contribution in [1.82, 2.24) is 5.32 Å². The molecule has 0 fully saturated rings. The molecule has 0 amide bonds. The second kappa shape index (κ2) is 5.48. The lowest BCUT2D eigenvalue weighted by Gasteiger charge is -2.30. The molecule has 100 valence electrons. The second-order valence-electron chi connectivity index (χ2n) is 5.62. The van der Waals surface area contributed by atoms with E-state index in [1.165, 1.54) is 35.1 Å². The van der Waals surface area contributed by atoms with Crippen molar-refractivity contribution in [3.8, 4) is 0 Å². The van der Waals surface area contributed by atoms with E-state index in [4.69, 9.17) is 0 Å². The molecule has 1 aliphatic rings. The molecule has 1 N–H and O–H groups in total. The summed E-state index contributed by atoms with van der Waals surface area (Å²) in [7, 11) is 0. The molecule has 0 aliphatic heterocycles. The third kappa shape index (κ3) is 2.60. The summed E-state index contributed by atoms with van der Waals surface area (Å²) in [6.07, 6.45) is 2.54. The number of hydrogen-bond donors (Lipinski definition) is 1. The number of rotatable bonds is 3. The molecule has 2 heteroatoms. The molecule has 0 spiro atoms. The van der Waals surface area contributed by atoms with Crippen LogP contribution in [0.25, 0.3) is 0 Å². The molecule has 2 unspecified atom stereocenters. The van der Waals surface area contributed by atoms with E-state index in [2.05, 4.69) is 54.2 Å². The topological polar surface area (TPSA) is 12.0 Å². The lowest BCUT2D eigenvalue weighted by molar-refractivity contribution is 0.431. The molecule has 2 atom stereocenters. The number of nitrogens with one attached hydrogen (secondary N) is 1. The zero-order valence-corrected chi connectivity index (χ0v) is 12.5. The van der Waals surface area contributed by atoms with Gasteiger partial charge in [0.1, 0.15) is 0 Å². The van der Waals surface area contributed by atoms with E-state index in [1.54, 1.807) is 11.3 Å². The summed E-state index contributed by atoms with van der Waals surface area (Å²) in [4.78, 5) is 0. The standard InChI is InChI=1S/C17H21NS/c1-12-7-8-17(16-6-4-3-5-15(12)16)18-9-14-11-19-10-13(14)2/h3-6,10-12,17-18H,7-9H2,1-2H3. The van der Waals surface area contributed by atoms with Crippen LogP contribution in [0.3, 0.4) is 0 Å². The lowest BCUT2D eigenvalue weighted by Crippen LogP contribution is -2.25. The fourth-order valence-corrected chi connectivity index (χ4v) is 3.87. The summed E-state index contributed by atoms with van der Waals surface area (Å²) in [5, 5.41) is 8.24. The number of thiophene rings is 1. The van der Waals surface area contributed by atoms with Gasteiger partial charge in [-0.15, -0.1) is 0 Å². The van der Waals surface area contributed by atoms with E-state index < -0.39 is 0 Å². The maximum Gasteiger partial charge on any atom is 0.0326 e. The first kappa shape index (κ1) is 12.9. The van der Waals surface area contributed by atoms with Gasteiger partial charge in [0, 0.05) is 12.6 Å². The third-order valence-corrected chi connectivity index (χ3v) is 5.20. The smallest absolute Gasteiger partial charge is 0.0326 e. The second-order valence-corrected chi connectivity index (χ2v) is 6.36. The number of aryl methyl sites for hydroxylation is 1. The Morgan fingerprint density at radius 3 is 2.68 bits per heavy atom. The zero-order valence-electron chi connectivity index (χ0n) is 11.6. The van der Waals surface area contributed by atoms with Gasteiger partial charge in [-0.2, -0.15) is 11.3 Å². The highest BCUT2D eigenvalue weighted by molar-refractivity contribution is 7.08. The molecule has 1 aromatic carbocycles. The fourth-order valence-electron chi connectivity index (χ4n) is 3.02. The molecule has 0 radical (unpaired) electrons. The molecule has 0 bridgehead atoms. The van der Waals surface area contributed by atoms with Gasteiger partial charge >= 0.3 is 0 Å². The van der Waals surface area contributed by atoms with Crippen molar-refractivity contribution in [1.29, 1.82) is 0 Å². The fraction of sp³-hybridized carbons (Fsp3) is 0.412. The Morgan fingerprint density at radius 1 is 1.16 bits per heavy atom. The van der Waals surface area contributed by atoms with Gasteiger partial charge in [0.2, 0.25) is 0 Å². The average molecular weight is 271 g/mol. The van der Waals surface area contributed by atoms with Gasteiger partial charge in [-0.05, 0) is 58.7 Å². The van der Waals surface area contributed by atoms with Crippen molar-refractivity contribution < 1.29 is 0 Å². The summed E-state index contributed by atoms with van der Waals surface area (Å²) in [5.41, 5.74) is 5.90. The quantitative estimate of drug-likeness (QED) is 0.846. The molecular weight excluding hydrogens is 250 g/mol. The van der Waals surface area contributed by atoms with Crippen LogP contribution in [-0.4, -0.2) is 0 Å². The van der Waals surface area contributed by atoms with Crippen LogP contribution < -0.4 is 5.32 Å². The zero-order chi connectivity index (χ0) is 13.2. The van der Waals surface area contributed by atoms with E-state index >= 15 is 0 Å². The number of fused-ring (bicyclic) bond motifs is 1. The van der Waals surface area contributed by atoms with Crippen molar-refractivity contribution in [2.75, 3.05) is 0 Å². The lowest BCUT2D eigenvalue weighted by atomic mass is 9.81. The number of hydrogen-bond acceptors (Lipinski definition) is 2. The molecule has 1 aromatic heterocycles. The SMILES string of the molecule is Cc1cscc1CNC1CCC(C)c2ccccc21. The molecule has 2 aromatic rings. The highest BCUT2D eigenvalue weighted by Crippen LogP contribution is 2.37. The van der Waals surface area contributed by atoms with Crippen LogP contribution in [0.2, 0.25) is 0 Å². The van der Waals surface area contributed by atoms with E-state index in [0.29, 0.717) is 12.0 Å². The molecule has 1 heterocycles. The highest BCUT2D eigenvalue weighted by Gasteiger charge is 2.23. The van der Waals surface area contributed by atoms with Gasteiger partial charge in [-0.25, -0.2) is 0 Å². The van der Waals surface area contributed by atoms with Crippen LogP contribution in [0.4, 0.5) is 0 Å².